The zero-order valence-electron chi connectivity index (χ0n) is 16.2. The quantitative estimate of drug-likeness (QED) is 0.360. The Morgan fingerprint density at radius 3 is 2.00 bits per heavy atom. The Bertz CT molecular complexity index is 1100. The van der Waals surface area contributed by atoms with Gasteiger partial charge in [0.25, 0.3) is 0 Å². The average Bonchev–Trinajstić information content (AvgIpc) is 3.37. The van der Waals surface area contributed by atoms with Gasteiger partial charge >= 0.3 is 63.8 Å². The minimum absolute atomic E-state index is 0. The number of hydrogen-bond donors (Lipinski definition) is 0. The van der Waals surface area contributed by atoms with Crippen LogP contribution < -0.4 is 24.8 Å². The molecule has 0 atom stereocenters. The van der Waals surface area contributed by atoms with Gasteiger partial charge in [0, 0.05) is 0 Å². The van der Waals surface area contributed by atoms with Crippen molar-refractivity contribution in [2.75, 3.05) is 0 Å². The molecule has 0 nitrogen and oxygen atoms in total. The number of fused-ring (bicyclic) bond motifs is 3. The van der Waals surface area contributed by atoms with Crippen molar-refractivity contribution in [3.05, 3.63) is 122 Å². The molecule has 3 heteroatoms. The second-order valence-electron chi connectivity index (χ2n) is 6.39. The van der Waals surface area contributed by atoms with E-state index in [0.717, 1.165) is 0 Å². The van der Waals surface area contributed by atoms with E-state index < -0.39 is 0 Å². The average molecular weight is 497 g/mol. The monoisotopic (exact) mass is 494 g/mol. The molecule has 1 aliphatic carbocycles. The summed E-state index contributed by atoms with van der Waals surface area (Å²) < 4.78 is 2.17. The predicted octanol–water partition coefficient (Wildman–Crippen LogP) is 0.763. The molecule has 146 valence electrons. The van der Waals surface area contributed by atoms with Crippen molar-refractivity contribution in [1.29, 1.82) is 0 Å². The first-order valence-electron chi connectivity index (χ1n) is 8.84. The van der Waals surface area contributed by atoms with Crippen LogP contribution in [0.25, 0.3) is 21.5 Å². The summed E-state index contributed by atoms with van der Waals surface area (Å²) >= 11 is 1.46. The summed E-state index contributed by atoms with van der Waals surface area (Å²) in [5, 5.41) is 5.46. The van der Waals surface area contributed by atoms with E-state index in [2.05, 4.69) is 101 Å². The van der Waals surface area contributed by atoms with Crippen molar-refractivity contribution in [3.63, 3.8) is 0 Å². The van der Waals surface area contributed by atoms with Crippen LogP contribution in [0.3, 0.4) is 0 Å². The van der Waals surface area contributed by atoms with Crippen LogP contribution in [0.15, 0.2) is 103 Å². The Kier molecular flexibility index (Phi) is 10.6. The van der Waals surface area contributed by atoms with Crippen LogP contribution in [0.4, 0.5) is 0 Å². The molecule has 0 unspecified atom stereocenters. The second kappa shape index (κ2) is 12.1. The van der Waals surface area contributed by atoms with Gasteiger partial charge in [-0.05, 0) is 5.92 Å². The molecule has 0 saturated heterocycles. The van der Waals surface area contributed by atoms with Gasteiger partial charge in [-0.15, -0.1) is 33.7 Å². The second-order valence-corrected chi connectivity index (χ2v) is 7.10. The van der Waals surface area contributed by atoms with Gasteiger partial charge < -0.3 is 32.2 Å². The fraction of sp³-hybridized carbons (Fsp3) is 0.0385. The fourth-order valence-electron chi connectivity index (χ4n) is 3.48. The van der Waals surface area contributed by atoms with Gasteiger partial charge in [-0.3, -0.25) is 0 Å². The number of benzene rings is 3. The molecule has 4 aromatic carbocycles. The van der Waals surface area contributed by atoms with Gasteiger partial charge in [0.15, 0.2) is 0 Å². The predicted molar refractivity (Wildman–Crippen MR) is 116 cm³/mol. The molecular weight excluding hydrogens is 474 g/mol. The van der Waals surface area contributed by atoms with Gasteiger partial charge in [-0.1, -0.05) is 66.3 Å². The zero-order valence-corrected chi connectivity index (χ0v) is 20.2. The summed E-state index contributed by atoms with van der Waals surface area (Å²) in [5.74, 6) is 0.436. The topological polar surface area (TPSA) is 0 Å². The Morgan fingerprint density at radius 2 is 1.34 bits per heavy atom. The molecule has 0 N–H and O–H groups in total. The molecule has 4 aromatic rings. The van der Waals surface area contributed by atoms with Crippen LogP contribution in [0.5, 0.6) is 0 Å². The molecule has 0 aromatic heterocycles. The molecule has 5 rings (SSSR count). The Morgan fingerprint density at radius 1 is 0.724 bits per heavy atom. The molecule has 1 aliphatic rings. The van der Waals surface area contributed by atoms with E-state index in [9.17, 15) is 0 Å². The van der Waals surface area contributed by atoms with E-state index in [4.69, 9.17) is 0 Å². The van der Waals surface area contributed by atoms with Crippen LogP contribution in [-0.2, 0) is 24.2 Å². The van der Waals surface area contributed by atoms with Crippen LogP contribution in [-0.4, -0.2) is 3.71 Å². The molecule has 0 spiro atoms. The molecule has 0 amide bonds. The zero-order chi connectivity index (χ0) is 17.8. The first-order chi connectivity index (χ1) is 12.9. The molecule has 0 saturated carbocycles. The van der Waals surface area contributed by atoms with Crippen molar-refractivity contribution < 1.29 is 49.0 Å². The summed E-state index contributed by atoms with van der Waals surface area (Å²) in [5.41, 5.74) is 2.74. The number of rotatable bonds is 2. The van der Waals surface area contributed by atoms with Crippen molar-refractivity contribution in [3.8, 4) is 0 Å². The molecule has 0 aliphatic heterocycles. The number of hydrogen-bond acceptors (Lipinski definition) is 0. The van der Waals surface area contributed by atoms with E-state index in [0.29, 0.717) is 5.92 Å². The molecule has 0 fully saturated rings. The molecule has 29 heavy (non-hydrogen) atoms. The summed E-state index contributed by atoms with van der Waals surface area (Å²) in [6.07, 6.45) is 8.77. The van der Waals surface area contributed by atoms with Crippen molar-refractivity contribution in [1.82, 2.24) is 0 Å². The van der Waals surface area contributed by atoms with E-state index in [-0.39, 0.29) is 32.2 Å². The van der Waals surface area contributed by atoms with Crippen molar-refractivity contribution in [2.45, 2.75) is 5.92 Å². The number of halogens is 2. The van der Waals surface area contributed by atoms with E-state index in [1.807, 2.05) is 6.07 Å². The molecule has 0 radical (unpaired) electrons. The third-order valence-corrected chi connectivity index (χ3v) is 5.58. The minimum atomic E-state index is 0. The van der Waals surface area contributed by atoms with Crippen molar-refractivity contribution >= 4 is 25.3 Å². The maximum atomic E-state index is 2.32. The third-order valence-electron chi connectivity index (χ3n) is 4.76. The first-order valence-corrected chi connectivity index (χ1v) is 10.3. The van der Waals surface area contributed by atoms with Gasteiger partial charge in [-0.25, -0.2) is 0 Å². The molecule has 0 bridgehead atoms. The van der Waals surface area contributed by atoms with Crippen molar-refractivity contribution in [2.24, 2.45) is 0 Å². The van der Waals surface area contributed by atoms with Gasteiger partial charge in [0.2, 0.25) is 0 Å². The van der Waals surface area contributed by atoms with Crippen LogP contribution in [0.1, 0.15) is 17.0 Å². The Hall–Kier alpha value is -1.66. The van der Waals surface area contributed by atoms with E-state index in [1.54, 1.807) is 0 Å². The summed E-state index contributed by atoms with van der Waals surface area (Å²) in [7, 11) is 0. The Balaban J connectivity index is 0.000000332. The third kappa shape index (κ3) is 5.70. The molecular formula is C26H22Cl2Zr-2. The SMILES string of the molecule is C1=CC(c2cccc3c2[cH-]c2ccccc23)C=C1.[CH3-].[Cl-].[Cl-].[Zr+2]=[CH]c1ccccc1. The van der Waals surface area contributed by atoms with E-state index in [1.165, 1.54) is 56.9 Å². The van der Waals surface area contributed by atoms with E-state index >= 15 is 0 Å². The Labute approximate surface area is 200 Å². The molecule has 0 heterocycles. The fourth-order valence-corrected chi connectivity index (χ4v) is 3.95. The van der Waals surface area contributed by atoms with Gasteiger partial charge in [0.05, 0.1) is 0 Å². The van der Waals surface area contributed by atoms with Crippen LogP contribution in [0.2, 0.25) is 0 Å². The summed E-state index contributed by atoms with van der Waals surface area (Å²) in [4.78, 5) is 0. The van der Waals surface area contributed by atoms with Crippen LogP contribution >= 0.6 is 0 Å². The standard InChI is InChI=1S/C18H13.C7H6.CH3.2ClH.Zr/c1-2-7-13(6-1)15-10-5-11-17-16-9-4-3-8-14(16)12-18(15)17;1-7-5-3-2-4-6-7;;;;/h1-13H;1-6H;1H3;2*1H;/q-1;;-1;;;+2/p-2. The van der Waals surface area contributed by atoms with Gasteiger partial charge in [-0.2, -0.15) is 0 Å². The van der Waals surface area contributed by atoms with Gasteiger partial charge in [0.1, 0.15) is 0 Å². The maximum absolute atomic E-state index is 2.32. The summed E-state index contributed by atoms with van der Waals surface area (Å²) in [6, 6.07) is 27.9. The summed E-state index contributed by atoms with van der Waals surface area (Å²) in [6.45, 7) is 0. The van der Waals surface area contributed by atoms with Crippen LogP contribution in [0, 0.1) is 7.43 Å². The number of allylic oxidation sites excluding steroid dienone is 4. The first kappa shape index (κ1) is 25.4. The normalized spacial score (nSPS) is 11.8.